The lowest BCUT2D eigenvalue weighted by Gasteiger charge is -2.10. The maximum Gasteiger partial charge on any atom is 0.138 e. The lowest BCUT2D eigenvalue weighted by atomic mass is 10.3. The summed E-state index contributed by atoms with van der Waals surface area (Å²) >= 11 is 3.27. The van der Waals surface area contributed by atoms with Crippen LogP contribution in [0.2, 0.25) is 0 Å². The van der Waals surface area contributed by atoms with Gasteiger partial charge < -0.3 is 9.47 Å². The zero-order chi connectivity index (χ0) is 9.10. The summed E-state index contributed by atoms with van der Waals surface area (Å²) < 4.78 is 11.6. The van der Waals surface area contributed by atoms with Crippen LogP contribution in [0.1, 0.15) is 6.42 Å². The Balaban J connectivity index is 1.97. The molecule has 2 rings (SSSR count). The molecular weight excluding hydrogens is 234 g/mol. The Hall–Kier alpha value is -0.610. The van der Waals surface area contributed by atoms with Gasteiger partial charge in [0.15, 0.2) is 0 Å². The minimum atomic E-state index is 0.197. The molecule has 70 valence electrons. The first-order valence-corrected chi connectivity index (χ1v) is 5.00. The molecule has 0 bridgehead atoms. The molecule has 0 unspecified atom stereocenters. The zero-order valence-electron chi connectivity index (χ0n) is 7.07. The van der Waals surface area contributed by atoms with Crippen LogP contribution in [0.5, 0.6) is 5.75 Å². The molecule has 13 heavy (non-hydrogen) atoms. The average Bonchev–Trinajstić information content (AvgIpc) is 2.62. The molecule has 0 N–H and O–H groups in total. The molecule has 4 heteroatoms. The predicted octanol–water partition coefficient (Wildman–Crippen LogP) is 2.01. The quantitative estimate of drug-likeness (QED) is 0.745. The highest BCUT2D eigenvalue weighted by atomic mass is 79.9. The Kier molecular flexibility index (Phi) is 2.80. The standard InChI is InChI=1S/C9H10BrNO2/c10-9-2-1-7(5-11-9)13-8-3-4-12-6-8/h1-2,5,8H,3-4,6H2/t8-/m0/s1. The Morgan fingerprint density at radius 1 is 1.54 bits per heavy atom. The van der Waals surface area contributed by atoms with Crippen LogP contribution in [0, 0.1) is 0 Å². The van der Waals surface area contributed by atoms with Gasteiger partial charge in [-0.25, -0.2) is 4.98 Å². The van der Waals surface area contributed by atoms with E-state index in [1.54, 1.807) is 6.20 Å². The Morgan fingerprint density at radius 2 is 2.46 bits per heavy atom. The first-order valence-electron chi connectivity index (χ1n) is 4.20. The third kappa shape index (κ3) is 2.42. The number of aromatic nitrogens is 1. The summed E-state index contributed by atoms with van der Waals surface area (Å²) in [5.41, 5.74) is 0. The van der Waals surface area contributed by atoms with Crippen molar-refractivity contribution in [3.63, 3.8) is 0 Å². The molecule has 1 fully saturated rings. The van der Waals surface area contributed by atoms with Crippen molar-refractivity contribution in [2.75, 3.05) is 13.2 Å². The van der Waals surface area contributed by atoms with Gasteiger partial charge in [0, 0.05) is 6.42 Å². The van der Waals surface area contributed by atoms with Gasteiger partial charge in [-0.3, -0.25) is 0 Å². The van der Waals surface area contributed by atoms with E-state index in [9.17, 15) is 0 Å². The van der Waals surface area contributed by atoms with Crippen LogP contribution in [-0.2, 0) is 4.74 Å². The first-order chi connectivity index (χ1) is 6.34. The van der Waals surface area contributed by atoms with Crippen LogP contribution in [0.25, 0.3) is 0 Å². The summed E-state index contributed by atoms with van der Waals surface area (Å²) in [7, 11) is 0. The van der Waals surface area contributed by atoms with Gasteiger partial charge in [-0.1, -0.05) is 0 Å². The van der Waals surface area contributed by atoms with Gasteiger partial charge >= 0.3 is 0 Å². The topological polar surface area (TPSA) is 31.4 Å². The molecule has 3 nitrogen and oxygen atoms in total. The molecular formula is C9H10BrNO2. The van der Waals surface area contributed by atoms with E-state index in [2.05, 4.69) is 20.9 Å². The van der Waals surface area contributed by atoms with Gasteiger partial charge in [0.2, 0.25) is 0 Å². The number of halogens is 1. The number of hydrogen-bond donors (Lipinski definition) is 0. The summed E-state index contributed by atoms with van der Waals surface area (Å²) in [6.07, 6.45) is 2.88. The summed E-state index contributed by atoms with van der Waals surface area (Å²) in [6, 6.07) is 3.76. The maximum atomic E-state index is 5.62. The van der Waals surface area contributed by atoms with E-state index in [0.717, 1.165) is 23.4 Å². The van der Waals surface area contributed by atoms with Gasteiger partial charge in [0.25, 0.3) is 0 Å². The van der Waals surface area contributed by atoms with Crippen LogP contribution < -0.4 is 4.74 Å². The molecule has 2 heterocycles. The molecule has 0 radical (unpaired) electrons. The van der Waals surface area contributed by atoms with Crippen molar-refractivity contribution < 1.29 is 9.47 Å². The minimum absolute atomic E-state index is 0.197. The highest BCUT2D eigenvalue weighted by Gasteiger charge is 2.16. The van der Waals surface area contributed by atoms with Crippen molar-refractivity contribution in [2.24, 2.45) is 0 Å². The fourth-order valence-corrected chi connectivity index (χ4v) is 1.46. The van der Waals surface area contributed by atoms with E-state index in [4.69, 9.17) is 9.47 Å². The van der Waals surface area contributed by atoms with Gasteiger partial charge in [-0.05, 0) is 28.1 Å². The number of hydrogen-bond acceptors (Lipinski definition) is 3. The second-order valence-corrected chi connectivity index (χ2v) is 3.73. The first kappa shape index (κ1) is 8.97. The second-order valence-electron chi connectivity index (χ2n) is 2.92. The summed E-state index contributed by atoms with van der Waals surface area (Å²) in [6.45, 7) is 1.49. The molecule has 0 aromatic carbocycles. The molecule has 0 aliphatic carbocycles. The van der Waals surface area contributed by atoms with E-state index < -0.39 is 0 Å². The minimum Gasteiger partial charge on any atom is -0.486 e. The lowest BCUT2D eigenvalue weighted by molar-refractivity contribution is 0.141. The van der Waals surface area contributed by atoms with Crippen LogP contribution in [0.4, 0.5) is 0 Å². The molecule has 0 saturated carbocycles. The van der Waals surface area contributed by atoms with Crippen molar-refractivity contribution >= 4 is 15.9 Å². The Morgan fingerprint density at radius 3 is 3.08 bits per heavy atom. The molecule has 0 amide bonds. The Bertz CT molecular complexity index is 269. The summed E-state index contributed by atoms with van der Waals surface area (Å²) in [5, 5.41) is 0. The molecule has 1 aliphatic rings. The SMILES string of the molecule is Brc1ccc(O[C@H]2CCOC2)cn1. The summed E-state index contributed by atoms with van der Waals surface area (Å²) in [5.74, 6) is 0.804. The fourth-order valence-electron chi connectivity index (χ4n) is 1.23. The van der Waals surface area contributed by atoms with Crippen LogP contribution >= 0.6 is 15.9 Å². The van der Waals surface area contributed by atoms with E-state index >= 15 is 0 Å². The third-order valence-corrected chi connectivity index (χ3v) is 2.36. The van der Waals surface area contributed by atoms with Crippen LogP contribution in [0.15, 0.2) is 22.9 Å². The van der Waals surface area contributed by atoms with Crippen molar-refractivity contribution in [1.82, 2.24) is 4.98 Å². The fraction of sp³-hybridized carbons (Fsp3) is 0.444. The smallest absolute Gasteiger partial charge is 0.138 e. The van der Waals surface area contributed by atoms with E-state index in [1.807, 2.05) is 12.1 Å². The number of ether oxygens (including phenoxy) is 2. The van der Waals surface area contributed by atoms with Gasteiger partial charge in [0.05, 0.1) is 19.4 Å². The highest BCUT2D eigenvalue weighted by Crippen LogP contribution is 2.17. The molecule has 1 atom stereocenters. The average molecular weight is 244 g/mol. The lowest BCUT2D eigenvalue weighted by Crippen LogP contribution is -2.15. The van der Waals surface area contributed by atoms with Crippen molar-refractivity contribution in [3.05, 3.63) is 22.9 Å². The number of rotatable bonds is 2. The van der Waals surface area contributed by atoms with Gasteiger partial charge in [-0.2, -0.15) is 0 Å². The monoisotopic (exact) mass is 243 g/mol. The Labute approximate surface area is 85.2 Å². The molecule has 1 aromatic rings. The zero-order valence-corrected chi connectivity index (χ0v) is 8.66. The number of nitrogens with zero attached hydrogens (tertiary/aromatic N) is 1. The van der Waals surface area contributed by atoms with Crippen molar-refractivity contribution in [3.8, 4) is 5.75 Å². The predicted molar refractivity (Wildman–Crippen MR) is 51.8 cm³/mol. The maximum absolute atomic E-state index is 5.62. The van der Waals surface area contributed by atoms with E-state index in [1.165, 1.54) is 0 Å². The third-order valence-electron chi connectivity index (χ3n) is 1.89. The molecule has 1 aromatic heterocycles. The van der Waals surface area contributed by atoms with Crippen molar-refractivity contribution in [2.45, 2.75) is 12.5 Å². The highest BCUT2D eigenvalue weighted by molar-refractivity contribution is 9.10. The van der Waals surface area contributed by atoms with E-state index in [-0.39, 0.29) is 6.10 Å². The van der Waals surface area contributed by atoms with Gasteiger partial charge in [0.1, 0.15) is 16.5 Å². The number of pyridine rings is 1. The normalized spacial score (nSPS) is 21.8. The van der Waals surface area contributed by atoms with Crippen molar-refractivity contribution in [1.29, 1.82) is 0 Å². The van der Waals surface area contributed by atoms with E-state index in [0.29, 0.717) is 6.61 Å². The molecule has 1 aliphatic heterocycles. The molecule has 0 spiro atoms. The van der Waals surface area contributed by atoms with Gasteiger partial charge in [-0.15, -0.1) is 0 Å². The largest absolute Gasteiger partial charge is 0.486 e. The second kappa shape index (κ2) is 4.07. The van der Waals surface area contributed by atoms with Crippen LogP contribution in [-0.4, -0.2) is 24.3 Å². The molecule has 1 saturated heterocycles. The summed E-state index contributed by atoms with van der Waals surface area (Å²) in [4.78, 5) is 4.07. The van der Waals surface area contributed by atoms with Crippen LogP contribution in [0.3, 0.4) is 0 Å².